The summed E-state index contributed by atoms with van der Waals surface area (Å²) in [6.07, 6.45) is 0. The van der Waals surface area contributed by atoms with Crippen LogP contribution in [-0.4, -0.2) is 37.9 Å². The number of hydrogen-bond donors (Lipinski definition) is 1. The molecule has 168 valence electrons. The molecule has 1 aliphatic heterocycles. The minimum atomic E-state index is -0.438. The van der Waals surface area contributed by atoms with Gasteiger partial charge in [-0.1, -0.05) is 24.3 Å². The lowest BCUT2D eigenvalue weighted by atomic mass is 10.0. The number of nitrogens with zero attached hydrogens (tertiary/aromatic N) is 2. The van der Waals surface area contributed by atoms with Crippen LogP contribution >= 0.6 is 0 Å². The lowest BCUT2D eigenvalue weighted by molar-refractivity contribution is -0.137. The molecule has 1 aliphatic rings. The molecule has 0 aromatic heterocycles. The molecule has 6 nitrogen and oxygen atoms in total. The predicted octanol–water partition coefficient (Wildman–Crippen LogP) is 4.29. The molecule has 33 heavy (non-hydrogen) atoms. The van der Waals surface area contributed by atoms with Crippen molar-refractivity contribution in [1.82, 2.24) is 4.90 Å². The summed E-state index contributed by atoms with van der Waals surface area (Å²) in [6, 6.07) is 20.2. The van der Waals surface area contributed by atoms with E-state index in [0.717, 1.165) is 11.3 Å². The molecule has 7 heteroatoms. The third-order valence-corrected chi connectivity index (χ3v) is 5.45. The van der Waals surface area contributed by atoms with E-state index in [2.05, 4.69) is 5.32 Å². The fourth-order valence-corrected chi connectivity index (χ4v) is 3.62. The first-order valence-electron chi connectivity index (χ1n) is 10.4. The van der Waals surface area contributed by atoms with Crippen LogP contribution in [0.3, 0.4) is 0 Å². The average molecular weight is 445 g/mol. The number of carbonyl (C=O) groups is 2. The number of ether oxygens (including phenoxy) is 1. The van der Waals surface area contributed by atoms with Crippen LogP contribution in [0.5, 0.6) is 5.75 Å². The highest BCUT2D eigenvalue weighted by Crippen LogP contribution is 2.32. The molecular weight excluding hydrogens is 421 g/mol. The number of hydrogen-bond acceptors (Lipinski definition) is 5. The molecule has 0 aliphatic carbocycles. The highest BCUT2D eigenvalue weighted by molar-refractivity contribution is 6.36. The van der Waals surface area contributed by atoms with Crippen molar-refractivity contribution < 1.29 is 18.7 Å². The fraction of sp³-hybridized carbons (Fsp3) is 0.154. The average Bonchev–Trinajstić information content (AvgIpc) is 3.04. The van der Waals surface area contributed by atoms with Crippen LogP contribution in [-0.2, 0) is 16.1 Å². The van der Waals surface area contributed by atoms with Gasteiger partial charge in [0.25, 0.3) is 11.8 Å². The van der Waals surface area contributed by atoms with E-state index in [1.165, 1.54) is 29.2 Å². The molecule has 0 fully saturated rings. The maximum atomic E-state index is 13.5. The second-order valence-corrected chi connectivity index (χ2v) is 7.87. The van der Waals surface area contributed by atoms with E-state index < -0.39 is 17.6 Å². The van der Waals surface area contributed by atoms with Crippen LogP contribution < -0.4 is 15.0 Å². The van der Waals surface area contributed by atoms with Crippen molar-refractivity contribution in [3.05, 3.63) is 95.4 Å². The van der Waals surface area contributed by atoms with Crippen molar-refractivity contribution >= 4 is 28.8 Å². The summed E-state index contributed by atoms with van der Waals surface area (Å²) in [6.45, 7) is 0.108. The van der Waals surface area contributed by atoms with Crippen LogP contribution in [0.2, 0.25) is 0 Å². The van der Waals surface area contributed by atoms with Crippen molar-refractivity contribution in [2.45, 2.75) is 6.54 Å². The molecule has 1 heterocycles. The van der Waals surface area contributed by atoms with Gasteiger partial charge in [0.15, 0.2) is 0 Å². The van der Waals surface area contributed by atoms with Crippen molar-refractivity contribution in [2.24, 2.45) is 0 Å². The van der Waals surface area contributed by atoms with E-state index in [-0.39, 0.29) is 17.8 Å². The molecule has 0 atom stereocenters. The third-order valence-electron chi connectivity index (χ3n) is 5.45. The Morgan fingerprint density at radius 1 is 0.879 bits per heavy atom. The molecule has 1 N–H and O–H groups in total. The summed E-state index contributed by atoms with van der Waals surface area (Å²) >= 11 is 0. The Hall–Kier alpha value is -4.13. The smallest absolute Gasteiger partial charge is 0.278 e. The van der Waals surface area contributed by atoms with E-state index >= 15 is 0 Å². The van der Waals surface area contributed by atoms with Crippen molar-refractivity contribution in [2.75, 3.05) is 31.4 Å². The standard InChI is InChI=1S/C26H24FN3O3/c1-29(2)21-12-10-20(11-13-21)28-24-23(18-6-8-19(27)9-7-18)25(31)30(26(24)32)16-17-4-14-22(33-3)15-5-17/h4-15,28H,16H2,1-3H3. The van der Waals surface area contributed by atoms with Gasteiger partial charge in [-0.15, -0.1) is 0 Å². The van der Waals surface area contributed by atoms with Gasteiger partial charge in [0, 0.05) is 25.5 Å². The Morgan fingerprint density at radius 3 is 2.09 bits per heavy atom. The van der Waals surface area contributed by atoms with E-state index in [4.69, 9.17) is 4.74 Å². The number of methoxy groups -OCH3 is 1. The Kier molecular flexibility index (Phi) is 6.13. The van der Waals surface area contributed by atoms with Crippen LogP contribution in [0, 0.1) is 5.82 Å². The normalized spacial score (nSPS) is 13.5. The Labute approximate surface area is 191 Å². The maximum absolute atomic E-state index is 13.5. The van der Waals surface area contributed by atoms with E-state index in [0.29, 0.717) is 17.0 Å². The molecule has 4 rings (SSSR count). The van der Waals surface area contributed by atoms with Gasteiger partial charge in [0.05, 0.1) is 19.2 Å². The molecule has 0 spiro atoms. The van der Waals surface area contributed by atoms with Gasteiger partial charge in [0.2, 0.25) is 0 Å². The lowest BCUT2D eigenvalue weighted by Crippen LogP contribution is -2.32. The summed E-state index contributed by atoms with van der Waals surface area (Å²) in [4.78, 5) is 29.9. The molecule has 0 saturated carbocycles. The summed E-state index contributed by atoms with van der Waals surface area (Å²) in [7, 11) is 5.45. The summed E-state index contributed by atoms with van der Waals surface area (Å²) < 4.78 is 18.7. The van der Waals surface area contributed by atoms with Gasteiger partial charge in [-0.25, -0.2) is 4.39 Å². The summed E-state index contributed by atoms with van der Waals surface area (Å²) in [5.41, 5.74) is 3.31. The number of benzene rings is 3. The van der Waals surface area contributed by atoms with Crippen molar-refractivity contribution in [1.29, 1.82) is 0 Å². The van der Waals surface area contributed by atoms with Gasteiger partial charge < -0.3 is 15.0 Å². The number of halogens is 1. The quantitative estimate of drug-likeness (QED) is 0.550. The molecule has 3 aromatic carbocycles. The van der Waals surface area contributed by atoms with Crippen LogP contribution in [0.1, 0.15) is 11.1 Å². The lowest BCUT2D eigenvalue weighted by Gasteiger charge is -2.16. The third kappa shape index (κ3) is 4.57. The number of carbonyl (C=O) groups excluding carboxylic acids is 2. The minimum absolute atomic E-state index is 0.108. The number of anilines is 2. The van der Waals surface area contributed by atoms with Gasteiger partial charge in [-0.3, -0.25) is 14.5 Å². The van der Waals surface area contributed by atoms with Gasteiger partial charge in [0.1, 0.15) is 17.3 Å². The highest BCUT2D eigenvalue weighted by Gasteiger charge is 2.39. The zero-order valence-corrected chi connectivity index (χ0v) is 18.6. The first kappa shape index (κ1) is 22.1. The molecule has 0 bridgehead atoms. The Balaban J connectivity index is 1.68. The van der Waals surface area contributed by atoms with Crippen LogP contribution in [0.4, 0.5) is 15.8 Å². The monoisotopic (exact) mass is 445 g/mol. The number of nitrogens with one attached hydrogen (secondary N) is 1. The molecule has 0 unspecified atom stereocenters. The van der Waals surface area contributed by atoms with E-state index in [1.807, 2.05) is 55.4 Å². The predicted molar refractivity (Wildman–Crippen MR) is 126 cm³/mol. The molecule has 3 aromatic rings. The first-order valence-corrected chi connectivity index (χ1v) is 10.4. The number of rotatable bonds is 7. The Morgan fingerprint density at radius 2 is 1.52 bits per heavy atom. The minimum Gasteiger partial charge on any atom is -0.497 e. The zero-order chi connectivity index (χ0) is 23.5. The van der Waals surface area contributed by atoms with Gasteiger partial charge in [-0.05, 0) is 59.7 Å². The molecule has 2 amide bonds. The largest absolute Gasteiger partial charge is 0.497 e. The molecule has 0 saturated heterocycles. The maximum Gasteiger partial charge on any atom is 0.278 e. The molecule has 0 radical (unpaired) electrons. The molecular formula is C26H24FN3O3. The summed E-state index contributed by atoms with van der Waals surface area (Å²) in [5, 5.41) is 3.12. The zero-order valence-electron chi connectivity index (χ0n) is 18.6. The van der Waals surface area contributed by atoms with Gasteiger partial charge >= 0.3 is 0 Å². The number of imide groups is 1. The van der Waals surface area contributed by atoms with Crippen LogP contribution in [0.25, 0.3) is 5.57 Å². The SMILES string of the molecule is COc1ccc(CN2C(=O)C(Nc3ccc(N(C)C)cc3)=C(c3ccc(F)cc3)C2=O)cc1. The second-order valence-electron chi connectivity index (χ2n) is 7.87. The fourth-order valence-electron chi connectivity index (χ4n) is 3.62. The van der Waals surface area contributed by atoms with E-state index in [9.17, 15) is 14.0 Å². The first-order chi connectivity index (χ1) is 15.9. The van der Waals surface area contributed by atoms with Gasteiger partial charge in [-0.2, -0.15) is 0 Å². The van der Waals surface area contributed by atoms with Crippen molar-refractivity contribution in [3.63, 3.8) is 0 Å². The Bertz CT molecular complexity index is 1200. The highest BCUT2D eigenvalue weighted by atomic mass is 19.1. The van der Waals surface area contributed by atoms with Crippen LogP contribution in [0.15, 0.2) is 78.5 Å². The number of amides is 2. The van der Waals surface area contributed by atoms with E-state index in [1.54, 1.807) is 19.2 Å². The van der Waals surface area contributed by atoms with Crippen molar-refractivity contribution in [3.8, 4) is 5.75 Å². The second kappa shape index (κ2) is 9.16. The summed E-state index contributed by atoms with van der Waals surface area (Å²) in [5.74, 6) is -0.604. The topological polar surface area (TPSA) is 61.9 Å².